The second kappa shape index (κ2) is 4.63. The van der Waals surface area contributed by atoms with Crippen LogP contribution in [0, 0.1) is 0 Å². The minimum absolute atomic E-state index is 0.107. The minimum atomic E-state index is -0.376. The quantitative estimate of drug-likeness (QED) is 0.533. The van der Waals surface area contributed by atoms with Gasteiger partial charge in [0.25, 0.3) is 0 Å². The van der Waals surface area contributed by atoms with Crippen molar-refractivity contribution in [3.8, 4) is 0 Å². The average Bonchev–Trinajstić information content (AvgIpc) is 2.55. The number of nitrogens with zero attached hydrogens (tertiary/aromatic N) is 2. The second-order valence-corrected chi connectivity index (χ2v) is 3.22. The molecule has 1 rings (SSSR count). The molecule has 1 aromatic rings. The summed E-state index contributed by atoms with van der Waals surface area (Å²) in [6.07, 6.45) is 5.00. The standard InChI is InChI=1S/C10H14N2O3/c1-8(9(13)15-3)4-5-12-7-6-11(2)10(12)14/h4,6-7H,5H2,1-3H3/b8-4+. The maximum Gasteiger partial charge on any atom is 0.333 e. The molecule has 5 nitrogen and oxygen atoms in total. The van der Waals surface area contributed by atoms with Gasteiger partial charge >= 0.3 is 11.7 Å². The molecule has 0 aliphatic rings. The first-order chi connectivity index (χ1) is 7.06. The Kier molecular flexibility index (Phi) is 3.49. The first-order valence-corrected chi connectivity index (χ1v) is 4.53. The van der Waals surface area contributed by atoms with E-state index in [0.29, 0.717) is 12.1 Å². The van der Waals surface area contributed by atoms with Crippen LogP contribution in [0.5, 0.6) is 0 Å². The first kappa shape index (κ1) is 11.3. The van der Waals surface area contributed by atoms with E-state index in [1.165, 1.54) is 16.2 Å². The van der Waals surface area contributed by atoms with Gasteiger partial charge in [0, 0.05) is 31.6 Å². The van der Waals surface area contributed by atoms with Crippen LogP contribution in [0.4, 0.5) is 0 Å². The summed E-state index contributed by atoms with van der Waals surface area (Å²) >= 11 is 0. The topological polar surface area (TPSA) is 53.2 Å². The summed E-state index contributed by atoms with van der Waals surface area (Å²) in [5, 5.41) is 0. The van der Waals surface area contributed by atoms with E-state index >= 15 is 0 Å². The van der Waals surface area contributed by atoms with Gasteiger partial charge in [-0.2, -0.15) is 0 Å². The Morgan fingerprint density at radius 1 is 1.53 bits per heavy atom. The number of aromatic nitrogens is 2. The maximum absolute atomic E-state index is 11.4. The van der Waals surface area contributed by atoms with E-state index in [9.17, 15) is 9.59 Å². The van der Waals surface area contributed by atoms with Crippen LogP contribution in [0.25, 0.3) is 0 Å². The summed E-state index contributed by atoms with van der Waals surface area (Å²) in [4.78, 5) is 22.4. The van der Waals surface area contributed by atoms with Gasteiger partial charge in [0.05, 0.1) is 7.11 Å². The number of carbonyl (C=O) groups excluding carboxylic acids is 1. The maximum atomic E-state index is 11.4. The van der Waals surface area contributed by atoms with Crippen molar-refractivity contribution in [2.24, 2.45) is 7.05 Å². The Bertz CT molecular complexity index is 440. The average molecular weight is 210 g/mol. The SMILES string of the molecule is COC(=O)/C(C)=C/Cn1ccn(C)c1=O. The van der Waals surface area contributed by atoms with E-state index < -0.39 is 0 Å². The molecule has 0 saturated heterocycles. The van der Waals surface area contributed by atoms with Crippen molar-refractivity contribution in [3.63, 3.8) is 0 Å². The normalized spacial score (nSPS) is 11.5. The Morgan fingerprint density at radius 3 is 2.67 bits per heavy atom. The summed E-state index contributed by atoms with van der Waals surface area (Å²) in [5.41, 5.74) is 0.386. The molecular formula is C10H14N2O3. The van der Waals surface area contributed by atoms with Gasteiger partial charge in [0.15, 0.2) is 0 Å². The van der Waals surface area contributed by atoms with Crippen molar-refractivity contribution in [1.29, 1.82) is 0 Å². The van der Waals surface area contributed by atoms with Gasteiger partial charge in [-0.15, -0.1) is 0 Å². The molecule has 0 aromatic carbocycles. The van der Waals surface area contributed by atoms with E-state index in [-0.39, 0.29) is 11.7 Å². The molecule has 0 saturated carbocycles. The molecule has 0 spiro atoms. The Balaban J connectivity index is 2.76. The fourth-order valence-electron chi connectivity index (χ4n) is 1.13. The van der Waals surface area contributed by atoms with E-state index in [1.54, 1.807) is 32.4 Å². The third-order valence-electron chi connectivity index (χ3n) is 2.12. The highest BCUT2D eigenvalue weighted by Crippen LogP contribution is 1.96. The third-order valence-corrected chi connectivity index (χ3v) is 2.12. The van der Waals surface area contributed by atoms with E-state index in [4.69, 9.17) is 0 Å². The van der Waals surface area contributed by atoms with Crippen LogP contribution in [0.15, 0.2) is 28.8 Å². The van der Waals surface area contributed by atoms with Gasteiger partial charge in [-0.25, -0.2) is 9.59 Å². The van der Waals surface area contributed by atoms with Gasteiger partial charge < -0.3 is 9.30 Å². The third kappa shape index (κ3) is 2.59. The molecule has 0 aliphatic carbocycles. The summed E-state index contributed by atoms with van der Waals surface area (Å²) < 4.78 is 7.52. The van der Waals surface area contributed by atoms with Crippen LogP contribution in [0.2, 0.25) is 0 Å². The monoisotopic (exact) mass is 210 g/mol. The molecular weight excluding hydrogens is 196 g/mol. The number of aryl methyl sites for hydroxylation is 1. The number of methoxy groups -OCH3 is 1. The summed E-state index contributed by atoms with van der Waals surface area (Å²) in [7, 11) is 3.00. The van der Waals surface area contributed by atoms with Gasteiger partial charge in [-0.1, -0.05) is 6.08 Å². The molecule has 0 atom stereocenters. The molecule has 0 aliphatic heterocycles. The van der Waals surface area contributed by atoms with Gasteiger partial charge in [0.1, 0.15) is 0 Å². The van der Waals surface area contributed by atoms with Crippen LogP contribution in [0.3, 0.4) is 0 Å². The highest BCUT2D eigenvalue weighted by atomic mass is 16.5. The Morgan fingerprint density at radius 2 is 2.20 bits per heavy atom. The predicted octanol–water partition coefficient (Wildman–Crippen LogP) is 0.306. The predicted molar refractivity (Wildman–Crippen MR) is 55.4 cm³/mol. The fourth-order valence-corrected chi connectivity index (χ4v) is 1.13. The highest BCUT2D eigenvalue weighted by molar-refractivity contribution is 5.87. The van der Waals surface area contributed by atoms with Crippen LogP contribution >= 0.6 is 0 Å². The van der Waals surface area contributed by atoms with Crippen molar-refractivity contribution in [3.05, 3.63) is 34.5 Å². The number of carbonyl (C=O) groups is 1. The molecule has 1 heterocycles. The number of imidazole rings is 1. The first-order valence-electron chi connectivity index (χ1n) is 4.53. The van der Waals surface area contributed by atoms with E-state index in [1.807, 2.05) is 0 Å². The molecule has 0 fully saturated rings. The van der Waals surface area contributed by atoms with Crippen molar-refractivity contribution in [2.75, 3.05) is 7.11 Å². The van der Waals surface area contributed by atoms with Crippen LogP contribution < -0.4 is 5.69 Å². The number of hydrogen-bond donors (Lipinski definition) is 0. The Hall–Kier alpha value is -1.78. The number of esters is 1. The van der Waals surface area contributed by atoms with Gasteiger partial charge in [-0.05, 0) is 6.92 Å². The lowest BCUT2D eigenvalue weighted by atomic mass is 10.3. The van der Waals surface area contributed by atoms with E-state index in [2.05, 4.69) is 4.74 Å². The van der Waals surface area contributed by atoms with Crippen molar-refractivity contribution in [2.45, 2.75) is 13.5 Å². The smallest absolute Gasteiger partial charge is 0.333 e. The van der Waals surface area contributed by atoms with Crippen molar-refractivity contribution < 1.29 is 9.53 Å². The largest absolute Gasteiger partial charge is 0.466 e. The zero-order valence-electron chi connectivity index (χ0n) is 9.06. The molecule has 15 heavy (non-hydrogen) atoms. The summed E-state index contributed by atoms with van der Waals surface area (Å²) in [6, 6.07) is 0. The molecule has 0 bridgehead atoms. The van der Waals surface area contributed by atoms with Crippen LogP contribution in [-0.4, -0.2) is 22.2 Å². The molecule has 5 heteroatoms. The van der Waals surface area contributed by atoms with E-state index in [0.717, 1.165) is 0 Å². The second-order valence-electron chi connectivity index (χ2n) is 3.22. The van der Waals surface area contributed by atoms with Gasteiger partial charge in [-0.3, -0.25) is 4.57 Å². The molecule has 0 radical (unpaired) electrons. The number of hydrogen-bond acceptors (Lipinski definition) is 3. The summed E-state index contributed by atoms with van der Waals surface area (Å²) in [5.74, 6) is -0.376. The molecule has 82 valence electrons. The van der Waals surface area contributed by atoms with Gasteiger partial charge in [0.2, 0.25) is 0 Å². The van der Waals surface area contributed by atoms with Crippen molar-refractivity contribution in [1.82, 2.24) is 9.13 Å². The molecule has 0 amide bonds. The molecule has 0 unspecified atom stereocenters. The highest BCUT2D eigenvalue weighted by Gasteiger charge is 2.03. The minimum Gasteiger partial charge on any atom is -0.466 e. The molecule has 1 aromatic heterocycles. The lowest BCUT2D eigenvalue weighted by molar-refractivity contribution is -0.136. The zero-order chi connectivity index (χ0) is 11.4. The number of ether oxygens (including phenoxy) is 1. The van der Waals surface area contributed by atoms with Crippen molar-refractivity contribution >= 4 is 5.97 Å². The van der Waals surface area contributed by atoms with Crippen LogP contribution in [-0.2, 0) is 23.1 Å². The molecule has 0 N–H and O–H groups in total. The Labute approximate surface area is 87.6 Å². The lowest BCUT2D eigenvalue weighted by Gasteiger charge is -1.99. The number of rotatable bonds is 3. The van der Waals surface area contributed by atoms with Crippen LogP contribution in [0.1, 0.15) is 6.92 Å². The zero-order valence-corrected chi connectivity index (χ0v) is 9.06. The lowest BCUT2D eigenvalue weighted by Crippen LogP contribution is -2.21. The summed E-state index contributed by atoms with van der Waals surface area (Å²) in [6.45, 7) is 2.03. The number of allylic oxidation sites excluding steroid dienone is 1. The fraction of sp³-hybridized carbons (Fsp3) is 0.400.